The summed E-state index contributed by atoms with van der Waals surface area (Å²) in [4.78, 5) is 30.6. The second-order valence-electron chi connectivity index (χ2n) is 7.98. The second kappa shape index (κ2) is 10.1. The summed E-state index contributed by atoms with van der Waals surface area (Å²) in [5.41, 5.74) is 12.8. The van der Waals surface area contributed by atoms with Crippen molar-refractivity contribution in [2.45, 2.75) is 52.6 Å². The third-order valence-electron chi connectivity index (χ3n) is 5.10. The zero-order valence-electron chi connectivity index (χ0n) is 18.7. The van der Waals surface area contributed by atoms with E-state index < -0.39 is 30.9 Å². The summed E-state index contributed by atoms with van der Waals surface area (Å²) in [6, 6.07) is 0.888. The van der Waals surface area contributed by atoms with Crippen LogP contribution >= 0.6 is 0 Å². The van der Waals surface area contributed by atoms with Gasteiger partial charge in [-0.2, -0.15) is 8.78 Å². The van der Waals surface area contributed by atoms with Gasteiger partial charge in [0.1, 0.15) is 5.82 Å². The molecular weight excluding hydrogens is 446 g/mol. The van der Waals surface area contributed by atoms with Crippen LogP contribution in [0.4, 0.5) is 23.4 Å². The number of alkyl halides is 4. The number of aromatic nitrogens is 1. The monoisotopic (exact) mass is 473 g/mol. The van der Waals surface area contributed by atoms with Crippen LogP contribution in [-0.4, -0.2) is 46.7 Å². The van der Waals surface area contributed by atoms with Gasteiger partial charge in [-0.05, 0) is 26.0 Å². The molecule has 1 aliphatic heterocycles. The fourth-order valence-corrected chi connectivity index (χ4v) is 2.90. The van der Waals surface area contributed by atoms with Gasteiger partial charge in [0.05, 0.1) is 12.6 Å². The number of rotatable bonds is 9. The molecule has 182 valence electrons. The summed E-state index contributed by atoms with van der Waals surface area (Å²) in [7, 11) is 0. The van der Waals surface area contributed by atoms with E-state index >= 15 is 0 Å². The van der Waals surface area contributed by atoms with Gasteiger partial charge in [-0.1, -0.05) is 13.8 Å². The highest BCUT2D eigenvalue weighted by atomic mass is 19.3. The molecule has 2 rings (SSSR count). The Morgan fingerprint density at radius 1 is 1.33 bits per heavy atom. The maximum Gasteiger partial charge on any atom is 0.340 e. The molecule has 0 radical (unpaired) electrons. The third kappa shape index (κ3) is 5.93. The molecule has 0 aliphatic carbocycles. The summed E-state index contributed by atoms with van der Waals surface area (Å²) in [5, 5.41) is 2.70. The fraction of sp³-hybridized carbons (Fsp3) is 0.476. The third-order valence-corrected chi connectivity index (χ3v) is 5.10. The number of fused-ring (bicyclic) bond motifs is 1. The fourth-order valence-electron chi connectivity index (χ4n) is 2.90. The van der Waals surface area contributed by atoms with Crippen molar-refractivity contribution in [1.29, 1.82) is 0 Å². The number of hydrogen-bond acceptors (Lipinski definition) is 6. The zero-order valence-corrected chi connectivity index (χ0v) is 18.7. The number of hydrogen-bond donors (Lipinski definition) is 3. The van der Waals surface area contributed by atoms with Crippen molar-refractivity contribution in [3.63, 3.8) is 0 Å². The van der Waals surface area contributed by atoms with Crippen molar-refractivity contribution < 1.29 is 31.9 Å². The molecule has 0 saturated carbocycles. The van der Waals surface area contributed by atoms with Crippen LogP contribution in [-0.2, 0) is 16.1 Å². The number of anilines is 1. The van der Waals surface area contributed by atoms with Gasteiger partial charge < -0.3 is 26.4 Å². The zero-order chi connectivity index (χ0) is 25.1. The van der Waals surface area contributed by atoms with Gasteiger partial charge in [0.15, 0.2) is 12.5 Å². The van der Waals surface area contributed by atoms with Crippen LogP contribution in [0.1, 0.15) is 43.6 Å². The Morgan fingerprint density at radius 2 is 1.97 bits per heavy atom. The Bertz CT molecular complexity index is 979. The molecule has 12 heteroatoms. The first kappa shape index (κ1) is 25.9. The summed E-state index contributed by atoms with van der Waals surface area (Å²) in [5.74, 6) is -5.43. The molecule has 5 N–H and O–H groups in total. The van der Waals surface area contributed by atoms with Crippen molar-refractivity contribution in [3.05, 3.63) is 46.6 Å². The predicted molar refractivity (Wildman–Crippen MR) is 113 cm³/mol. The lowest BCUT2D eigenvalue weighted by Gasteiger charge is -2.25. The molecule has 0 spiro atoms. The average Bonchev–Trinajstić information content (AvgIpc) is 3.08. The molecule has 1 aromatic rings. The van der Waals surface area contributed by atoms with Crippen LogP contribution in [0.3, 0.4) is 0 Å². The lowest BCUT2D eigenvalue weighted by atomic mass is 10.1. The molecule has 8 nitrogen and oxygen atoms in total. The Hall–Kier alpha value is -3.31. The van der Waals surface area contributed by atoms with Gasteiger partial charge in [0.25, 0.3) is 5.91 Å². The molecule has 1 aliphatic rings. The number of allylic oxidation sites excluding steroid dienone is 2. The maximum absolute atomic E-state index is 13.0. The first-order chi connectivity index (χ1) is 15.3. The van der Waals surface area contributed by atoms with Crippen LogP contribution in [0.25, 0.3) is 0 Å². The first-order valence-electron chi connectivity index (χ1n) is 10.1. The van der Waals surface area contributed by atoms with Crippen LogP contribution < -0.4 is 16.8 Å². The van der Waals surface area contributed by atoms with Gasteiger partial charge in [0.2, 0.25) is 5.91 Å². The normalized spacial score (nSPS) is 16.1. The van der Waals surface area contributed by atoms with Crippen molar-refractivity contribution >= 4 is 17.6 Å². The SMILES string of the molecule is CC(/C=C(\N)C(C)N1Cc2c(ccnc2NC(=O)C(C)C)C1=O)=C(/N)OCC(F)(F)C(F)F. The highest BCUT2D eigenvalue weighted by molar-refractivity contribution is 6.01. The molecule has 2 amide bonds. The summed E-state index contributed by atoms with van der Waals surface area (Å²) in [6.07, 6.45) is -1.16. The van der Waals surface area contributed by atoms with Crippen molar-refractivity contribution in [2.24, 2.45) is 17.4 Å². The number of pyridine rings is 1. The summed E-state index contributed by atoms with van der Waals surface area (Å²) < 4.78 is 55.1. The van der Waals surface area contributed by atoms with E-state index in [-0.39, 0.29) is 41.4 Å². The molecule has 0 fully saturated rings. The van der Waals surface area contributed by atoms with Crippen molar-refractivity contribution in [1.82, 2.24) is 9.88 Å². The Balaban J connectivity index is 2.18. The number of carbonyl (C=O) groups excluding carboxylic acids is 2. The molecule has 0 saturated heterocycles. The molecular formula is C21H27F4N5O3. The van der Waals surface area contributed by atoms with Gasteiger partial charge in [-0.25, -0.2) is 13.8 Å². The standard InChI is InChI=1S/C21H27F4N5O3/c1-10(2)18(31)29-17-14-8-30(19(32)13(14)5-6-28-17)12(4)15(26)7-11(3)16(27)33-9-21(24,25)20(22)23/h5-7,10,12,20H,8-9,26-27H2,1-4H3,(H,28,29,31)/b15-7-,16-11+. The Kier molecular flexibility index (Phi) is 7.93. The van der Waals surface area contributed by atoms with E-state index in [4.69, 9.17) is 11.5 Å². The lowest BCUT2D eigenvalue weighted by Crippen LogP contribution is -2.37. The molecule has 0 aromatic carbocycles. The minimum Gasteiger partial charge on any atom is -0.473 e. The summed E-state index contributed by atoms with van der Waals surface area (Å²) >= 11 is 0. The minimum absolute atomic E-state index is 0.125. The van der Waals surface area contributed by atoms with E-state index in [0.29, 0.717) is 11.1 Å². The quantitative estimate of drug-likeness (QED) is 0.288. The van der Waals surface area contributed by atoms with E-state index in [2.05, 4.69) is 15.0 Å². The molecule has 1 atom stereocenters. The number of halogens is 4. The molecule has 1 aromatic heterocycles. The molecule has 0 bridgehead atoms. The number of ether oxygens (including phenoxy) is 1. The highest BCUT2D eigenvalue weighted by Crippen LogP contribution is 2.30. The van der Waals surface area contributed by atoms with Crippen molar-refractivity contribution in [3.8, 4) is 0 Å². The largest absolute Gasteiger partial charge is 0.473 e. The number of amides is 2. The van der Waals surface area contributed by atoms with Gasteiger partial charge >= 0.3 is 12.3 Å². The summed E-state index contributed by atoms with van der Waals surface area (Å²) in [6.45, 7) is 5.03. The maximum atomic E-state index is 13.0. The first-order valence-corrected chi connectivity index (χ1v) is 10.1. The van der Waals surface area contributed by atoms with Gasteiger partial charge in [-0.3, -0.25) is 9.59 Å². The molecule has 1 unspecified atom stereocenters. The predicted octanol–water partition coefficient (Wildman–Crippen LogP) is 2.97. The smallest absolute Gasteiger partial charge is 0.340 e. The number of nitrogens with one attached hydrogen (secondary N) is 1. The van der Waals surface area contributed by atoms with E-state index in [0.717, 1.165) is 0 Å². The van der Waals surface area contributed by atoms with E-state index in [1.165, 1.54) is 30.2 Å². The van der Waals surface area contributed by atoms with E-state index in [9.17, 15) is 27.2 Å². The van der Waals surface area contributed by atoms with Crippen molar-refractivity contribution in [2.75, 3.05) is 11.9 Å². The number of nitrogens with zero attached hydrogens (tertiary/aromatic N) is 2. The second-order valence-corrected chi connectivity index (χ2v) is 7.98. The Morgan fingerprint density at radius 3 is 2.55 bits per heavy atom. The number of nitrogens with two attached hydrogens (primary N) is 2. The molecule has 33 heavy (non-hydrogen) atoms. The van der Waals surface area contributed by atoms with Gasteiger partial charge in [0, 0.05) is 34.5 Å². The van der Waals surface area contributed by atoms with Gasteiger partial charge in [-0.15, -0.1) is 0 Å². The topological polar surface area (TPSA) is 124 Å². The van der Waals surface area contributed by atoms with Crippen LogP contribution in [0.15, 0.2) is 35.5 Å². The average molecular weight is 473 g/mol. The van der Waals surface area contributed by atoms with Crippen LogP contribution in [0.5, 0.6) is 0 Å². The molecule has 2 heterocycles. The minimum atomic E-state index is -4.35. The van der Waals surface area contributed by atoms with Crippen LogP contribution in [0.2, 0.25) is 0 Å². The van der Waals surface area contributed by atoms with E-state index in [1.807, 2.05) is 0 Å². The van der Waals surface area contributed by atoms with E-state index in [1.54, 1.807) is 20.8 Å². The van der Waals surface area contributed by atoms with Crippen LogP contribution in [0, 0.1) is 5.92 Å². The number of carbonyl (C=O) groups is 2. The Labute approximate surface area is 188 Å². The lowest BCUT2D eigenvalue weighted by molar-refractivity contribution is -0.158. The highest BCUT2D eigenvalue weighted by Gasteiger charge is 2.42.